The fraction of sp³-hybridized carbons (Fsp3) is 0.217. The van der Waals surface area contributed by atoms with Crippen LogP contribution in [-0.4, -0.2) is 0 Å². The second kappa shape index (κ2) is 8.07. The largest absolute Gasteiger partial charge is 0.485 e. The Morgan fingerprint density at radius 2 is 1.19 bits per heavy atom. The van der Waals surface area contributed by atoms with E-state index in [0.29, 0.717) is 19.0 Å². The van der Waals surface area contributed by atoms with Gasteiger partial charge in [0.1, 0.15) is 13.2 Å². The second-order valence-corrected chi connectivity index (χ2v) is 6.93. The van der Waals surface area contributed by atoms with Gasteiger partial charge in [-0.05, 0) is 42.7 Å². The summed E-state index contributed by atoms with van der Waals surface area (Å²) in [5.74, 6) is 1.43. The summed E-state index contributed by atoms with van der Waals surface area (Å²) in [6.07, 6.45) is 0. The lowest BCUT2D eigenvalue weighted by molar-refractivity contribution is 0.255. The number of hydrogen-bond donors (Lipinski definition) is 1. The fourth-order valence-corrected chi connectivity index (χ4v) is 2.61. The zero-order valence-electron chi connectivity index (χ0n) is 15.3. The smallest absolute Gasteiger partial charge is 0.162 e. The fourth-order valence-electron chi connectivity index (χ4n) is 2.61. The summed E-state index contributed by atoms with van der Waals surface area (Å²) in [5, 5.41) is 0. The standard InChI is InChI=1S/C23H25NO2/c1-23(2,24)20-13-14-21(25-16-18-9-5-3-6-10-18)22(15-20)26-17-19-11-7-4-8-12-19/h3-15H,16-17,24H2,1-2H3. The van der Waals surface area contributed by atoms with E-state index in [4.69, 9.17) is 15.2 Å². The quantitative estimate of drug-likeness (QED) is 0.651. The van der Waals surface area contributed by atoms with Gasteiger partial charge in [0.2, 0.25) is 0 Å². The van der Waals surface area contributed by atoms with Gasteiger partial charge in [-0.15, -0.1) is 0 Å². The summed E-state index contributed by atoms with van der Waals surface area (Å²) < 4.78 is 12.1. The van der Waals surface area contributed by atoms with Crippen LogP contribution in [0.4, 0.5) is 0 Å². The van der Waals surface area contributed by atoms with E-state index < -0.39 is 5.54 Å². The van der Waals surface area contributed by atoms with E-state index in [1.54, 1.807) is 0 Å². The number of hydrogen-bond acceptors (Lipinski definition) is 3. The molecule has 0 saturated carbocycles. The van der Waals surface area contributed by atoms with Crippen molar-refractivity contribution in [1.82, 2.24) is 0 Å². The van der Waals surface area contributed by atoms with Crippen LogP contribution in [0.15, 0.2) is 78.9 Å². The van der Waals surface area contributed by atoms with Gasteiger partial charge in [-0.25, -0.2) is 0 Å². The molecule has 2 N–H and O–H groups in total. The maximum absolute atomic E-state index is 6.25. The molecule has 0 amide bonds. The van der Waals surface area contributed by atoms with Crippen LogP contribution in [0.2, 0.25) is 0 Å². The molecular formula is C23H25NO2. The second-order valence-electron chi connectivity index (χ2n) is 6.93. The van der Waals surface area contributed by atoms with Gasteiger partial charge in [-0.3, -0.25) is 0 Å². The van der Waals surface area contributed by atoms with Crippen molar-refractivity contribution in [1.29, 1.82) is 0 Å². The van der Waals surface area contributed by atoms with Crippen molar-refractivity contribution < 1.29 is 9.47 Å². The lowest BCUT2D eigenvalue weighted by Crippen LogP contribution is -2.28. The molecule has 0 heterocycles. The lowest BCUT2D eigenvalue weighted by Gasteiger charge is -2.21. The number of rotatable bonds is 7. The van der Waals surface area contributed by atoms with Crippen LogP contribution < -0.4 is 15.2 Å². The SMILES string of the molecule is CC(C)(N)c1ccc(OCc2ccccc2)c(OCc2ccccc2)c1. The van der Waals surface area contributed by atoms with Crippen molar-refractivity contribution in [2.45, 2.75) is 32.6 Å². The highest BCUT2D eigenvalue weighted by atomic mass is 16.5. The minimum absolute atomic E-state index is 0.442. The number of ether oxygens (including phenoxy) is 2. The van der Waals surface area contributed by atoms with E-state index >= 15 is 0 Å². The highest BCUT2D eigenvalue weighted by Gasteiger charge is 2.17. The average Bonchev–Trinajstić information content (AvgIpc) is 2.66. The molecule has 0 aliphatic carbocycles. The molecule has 3 heteroatoms. The summed E-state index contributed by atoms with van der Waals surface area (Å²) in [4.78, 5) is 0. The Kier molecular flexibility index (Phi) is 5.59. The molecule has 0 saturated heterocycles. The monoisotopic (exact) mass is 347 g/mol. The zero-order chi connectivity index (χ0) is 18.4. The minimum atomic E-state index is -0.442. The Labute approximate surface area is 155 Å². The Morgan fingerprint density at radius 3 is 1.69 bits per heavy atom. The van der Waals surface area contributed by atoms with E-state index in [-0.39, 0.29) is 0 Å². The van der Waals surface area contributed by atoms with Gasteiger partial charge in [0.25, 0.3) is 0 Å². The molecule has 0 atom stereocenters. The van der Waals surface area contributed by atoms with Gasteiger partial charge in [0.05, 0.1) is 0 Å². The Balaban J connectivity index is 1.80. The van der Waals surface area contributed by atoms with E-state index in [0.717, 1.165) is 22.4 Å². The first-order valence-electron chi connectivity index (χ1n) is 8.79. The maximum atomic E-state index is 6.25. The lowest BCUT2D eigenvalue weighted by atomic mass is 9.95. The number of nitrogens with two attached hydrogens (primary N) is 1. The van der Waals surface area contributed by atoms with Gasteiger partial charge in [-0.2, -0.15) is 0 Å². The molecule has 134 valence electrons. The minimum Gasteiger partial charge on any atom is -0.485 e. The molecule has 0 spiro atoms. The van der Waals surface area contributed by atoms with Crippen LogP contribution in [0.5, 0.6) is 11.5 Å². The first kappa shape index (κ1) is 18.0. The van der Waals surface area contributed by atoms with Gasteiger partial charge >= 0.3 is 0 Å². The molecule has 0 bridgehead atoms. The molecule has 0 unspecified atom stereocenters. The van der Waals surface area contributed by atoms with Crippen molar-refractivity contribution in [2.75, 3.05) is 0 Å². The zero-order valence-corrected chi connectivity index (χ0v) is 15.3. The Bertz CT molecular complexity index is 824. The molecule has 3 nitrogen and oxygen atoms in total. The van der Waals surface area contributed by atoms with Crippen molar-refractivity contribution >= 4 is 0 Å². The van der Waals surface area contributed by atoms with Crippen LogP contribution >= 0.6 is 0 Å². The summed E-state index contributed by atoms with van der Waals surface area (Å²) >= 11 is 0. The summed E-state index contributed by atoms with van der Waals surface area (Å²) in [6.45, 7) is 4.94. The average molecular weight is 347 g/mol. The third-order valence-electron chi connectivity index (χ3n) is 4.16. The highest BCUT2D eigenvalue weighted by molar-refractivity contribution is 5.45. The van der Waals surface area contributed by atoms with Crippen molar-refractivity contribution in [2.24, 2.45) is 5.73 Å². The first-order valence-corrected chi connectivity index (χ1v) is 8.79. The van der Waals surface area contributed by atoms with E-state index in [2.05, 4.69) is 0 Å². The van der Waals surface area contributed by atoms with Crippen LogP contribution in [-0.2, 0) is 18.8 Å². The molecule has 0 aliphatic rings. The van der Waals surface area contributed by atoms with E-state index in [1.807, 2.05) is 92.7 Å². The molecule has 0 aliphatic heterocycles. The molecule has 3 aromatic rings. The third kappa shape index (κ3) is 4.87. The van der Waals surface area contributed by atoms with Gasteiger partial charge in [-0.1, -0.05) is 66.7 Å². The van der Waals surface area contributed by atoms with Crippen LogP contribution in [0.25, 0.3) is 0 Å². The predicted octanol–water partition coefficient (Wildman–Crippen LogP) is 5.04. The number of benzene rings is 3. The molecule has 3 rings (SSSR count). The van der Waals surface area contributed by atoms with E-state index in [1.165, 1.54) is 0 Å². The summed E-state index contributed by atoms with van der Waals surface area (Å²) in [6, 6.07) is 26.1. The van der Waals surface area contributed by atoms with Crippen molar-refractivity contribution in [3.63, 3.8) is 0 Å². The topological polar surface area (TPSA) is 44.5 Å². The van der Waals surface area contributed by atoms with Crippen LogP contribution in [0, 0.1) is 0 Å². The van der Waals surface area contributed by atoms with Crippen molar-refractivity contribution in [3.8, 4) is 11.5 Å². The summed E-state index contributed by atoms with van der Waals surface area (Å²) in [7, 11) is 0. The van der Waals surface area contributed by atoms with Crippen LogP contribution in [0.1, 0.15) is 30.5 Å². The Hall–Kier alpha value is -2.78. The molecule has 26 heavy (non-hydrogen) atoms. The highest BCUT2D eigenvalue weighted by Crippen LogP contribution is 2.33. The normalized spacial score (nSPS) is 11.2. The van der Waals surface area contributed by atoms with E-state index in [9.17, 15) is 0 Å². The van der Waals surface area contributed by atoms with Gasteiger partial charge in [0, 0.05) is 5.54 Å². The van der Waals surface area contributed by atoms with Crippen LogP contribution in [0.3, 0.4) is 0 Å². The maximum Gasteiger partial charge on any atom is 0.162 e. The summed E-state index contributed by atoms with van der Waals surface area (Å²) in [5.41, 5.74) is 9.04. The van der Waals surface area contributed by atoms with Gasteiger partial charge < -0.3 is 15.2 Å². The molecule has 3 aromatic carbocycles. The molecule has 0 aromatic heterocycles. The predicted molar refractivity (Wildman–Crippen MR) is 105 cm³/mol. The molecule has 0 radical (unpaired) electrons. The third-order valence-corrected chi connectivity index (χ3v) is 4.16. The first-order chi connectivity index (χ1) is 12.5. The van der Waals surface area contributed by atoms with Crippen molar-refractivity contribution in [3.05, 3.63) is 95.6 Å². The molecular weight excluding hydrogens is 322 g/mol. The van der Waals surface area contributed by atoms with Gasteiger partial charge in [0.15, 0.2) is 11.5 Å². The molecule has 0 fully saturated rings. The Morgan fingerprint density at radius 1 is 0.692 bits per heavy atom.